The Hall–Kier alpha value is -4.28. The molecule has 11 heteroatoms. The van der Waals surface area contributed by atoms with Gasteiger partial charge in [-0.3, -0.25) is 14.8 Å². The average molecular weight is 574 g/mol. The second kappa shape index (κ2) is 10.2. The highest BCUT2D eigenvalue weighted by atomic mass is 19.1. The highest BCUT2D eigenvalue weighted by Gasteiger charge is 2.55. The minimum Gasteiger partial charge on any atom is -0.444 e. The molecule has 4 heterocycles. The van der Waals surface area contributed by atoms with Crippen molar-refractivity contribution in [2.24, 2.45) is 5.41 Å². The molecule has 2 amide bonds. The van der Waals surface area contributed by atoms with Crippen LogP contribution < -0.4 is 10.2 Å². The minimum atomic E-state index is -0.549. The summed E-state index contributed by atoms with van der Waals surface area (Å²) in [5.74, 6) is -0.928. The van der Waals surface area contributed by atoms with Crippen molar-refractivity contribution in [1.82, 2.24) is 24.3 Å². The summed E-state index contributed by atoms with van der Waals surface area (Å²) >= 11 is 0. The molecule has 0 bridgehead atoms. The van der Waals surface area contributed by atoms with Crippen LogP contribution in [0.1, 0.15) is 63.0 Å². The number of carbonyl (C=O) groups is 2. The lowest BCUT2D eigenvalue weighted by atomic mass is 9.87. The van der Waals surface area contributed by atoms with Crippen LogP contribution in [0, 0.1) is 18.2 Å². The lowest BCUT2D eigenvalue weighted by molar-refractivity contribution is 0.00562. The van der Waals surface area contributed by atoms with Gasteiger partial charge in [-0.25, -0.2) is 14.2 Å². The monoisotopic (exact) mass is 573 g/mol. The SMILES string of the molecule is CCN(C(=O)OC(C)(C)C)C1CCN(c2ccc(C(=O)Nc3cc(F)c4nc(C)cn4c3)c3nccnc23)CC12CC2. The van der Waals surface area contributed by atoms with Gasteiger partial charge in [-0.05, 0) is 66.0 Å². The summed E-state index contributed by atoms with van der Waals surface area (Å²) < 4.78 is 21.9. The van der Waals surface area contributed by atoms with Crippen LogP contribution in [0.2, 0.25) is 0 Å². The second-order valence-corrected chi connectivity index (χ2v) is 12.4. The van der Waals surface area contributed by atoms with E-state index in [1.54, 1.807) is 42.2 Å². The number of pyridine rings is 1. The van der Waals surface area contributed by atoms with E-state index in [9.17, 15) is 14.0 Å². The maximum atomic E-state index is 14.6. The van der Waals surface area contributed by atoms with E-state index in [1.165, 1.54) is 6.07 Å². The molecule has 2 fully saturated rings. The van der Waals surface area contributed by atoms with Crippen molar-refractivity contribution in [3.05, 3.63) is 60.1 Å². The standard InChI is InChI=1S/C31H36FN7O3/c1-6-39(29(41)42-30(3,4)5)24-9-14-37(18-31(24)10-11-31)23-8-7-21(25-26(23)34-13-12-33-25)28(40)36-20-15-22(32)27-35-19(2)16-38(27)17-20/h7-8,12-13,15-17,24H,6,9-11,14,18H2,1-5H3,(H,36,40). The number of aromatic nitrogens is 4. The number of carbonyl (C=O) groups excluding carboxylic acids is 2. The van der Waals surface area contributed by atoms with Gasteiger partial charge in [0.05, 0.1) is 22.6 Å². The first-order chi connectivity index (χ1) is 20.0. The highest BCUT2D eigenvalue weighted by molar-refractivity contribution is 6.13. The topological polar surface area (TPSA) is 105 Å². The first-order valence-electron chi connectivity index (χ1n) is 14.4. The lowest BCUT2D eigenvalue weighted by Gasteiger charge is -2.45. The number of anilines is 2. The Morgan fingerprint density at radius 3 is 2.60 bits per heavy atom. The molecule has 1 unspecified atom stereocenters. The Bertz CT molecular complexity index is 1690. The fourth-order valence-electron chi connectivity index (χ4n) is 6.22. The van der Waals surface area contributed by atoms with E-state index in [0.717, 1.165) is 38.0 Å². The number of rotatable bonds is 5. The molecule has 1 aliphatic carbocycles. The van der Waals surface area contributed by atoms with Gasteiger partial charge in [0.1, 0.15) is 16.6 Å². The Labute approximate surface area is 243 Å². The van der Waals surface area contributed by atoms with E-state index in [-0.39, 0.29) is 23.2 Å². The quantitative estimate of drug-likeness (QED) is 0.332. The van der Waals surface area contributed by atoms with E-state index in [4.69, 9.17) is 4.74 Å². The zero-order valence-corrected chi connectivity index (χ0v) is 24.6. The minimum absolute atomic E-state index is 0.00978. The molecule has 1 aliphatic heterocycles. The summed E-state index contributed by atoms with van der Waals surface area (Å²) in [7, 11) is 0. The van der Waals surface area contributed by atoms with Gasteiger partial charge in [-0.2, -0.15) is 0 Å². The number of piperidine rings is 1. The van der Waals surface area contributed by atoms with Crippen molar-refractivity contribution in [2.75, 3.05) is 29.9 Å². The van der Waals surface area contributed by atoms with Crippen LogP contribution in [0.25, 0.3) is 16.7 Å². The Morgan fingerprint density at radius 1 is 1.17 bits per heavy atom. The number of imidazole rings is 1. The Morgan fingerprint density at radius 2 is 1.90 bits per heavy atom. The molecule has 2 aliphatic rings. The van der Waals surface area contributed by atoms with Crippen LogP contribution in [0.4, 0.5) is 20.6 Å². The van der Waals surface area contributed by atoms with Gasteiger partial charge in [0.15, 0.2) is 11.5 Å². The summed E-state index contributed by atoms with van der Waals surface area (Å²) in [5.41, 5.74) is 3.00. The summed E-state index contributed by atoms with van der Waals surface area (Å²) in [5, 5.41) is 2.81. The maximum absolute atomic E-state index is 14.6. The predicted molar refractivity (Wildman–Crippen MR) is 158 cm³/mol. The molecule has 1 N–H and O–H groups in total. The Balaban J connectivity index is 1.25. The summed E-state index contributed by atoms with van der Waals surface area (Å²) in [6, 6.07) is 5.03. The maximum Gasteiger partial charge on any atom is 0.410 e. The predicted octanol–water partition coefficient (Wildman–Crippen LogP) is 5.59. The van der Waals surface area contributed by atoms with Gasteiger partial charge in [-0.1, -0.05) is 0 Å². The van der Waals surface area contributed by atoms with E-state index >= 15 is 0 Å². The number of hydrogen-bond acceptors (Lipinski definition) is 7. The summed E-state index contributed by atoms with van der Waals surface area (Å²) in [6.45, 7) is 11.6. The van der Waals surface area contributed by atoms with Crippen LogP contribution in [0.3, 0.4) is 0 Å². The molecule has 1 spiro atoms. The molecule has 0 radical (unpaired) electrons. The van der Waals surface area contributed by atoms with Crippen molar-refractivity contribution in [3.63, 3.8) is 0 Å². The third-order valence-electron chi connectivity index (χ3n) is 8.20. The van der Waals surface area contributed by atoms with Crippen molar-refractivity contribution in [2.45, 2.75) is 65.5 Å². The zero-order valence-electron chi connectivity index (χ0n) is 24.6. The number of benzene rings is 1. The number of halogens is 1. The number of nitrogens with one attached hydrogen (secondary N) is 1. The number of hydrogen-bond donors (Lipinski definition) is 1. The van der Waals surface area contributed by atoms with E-state index in [0.29, 0.717) is 34.5 Å². The molecular formula is C31H36FN7O3. The van der Waals surface area contributed by atoms with Crippen molar-refractivity contribution < 1.29 is 18.7 Å². The van der Waals surface area contributed by atoms with E-state index in [1.807, 2.05) is 38.7 Å². The number of nitrogens with zero attached hydrogens (tertiary/aromatic N) is 6. The van der Waals surface area contributed by atoms with Gasteiger partial charge >= 0.3 is 6.09 Å². The molecule has 10 nitrogen and oxygen atoms in total. The van der Waals surface area contributed by atoms with E-state index < -0.39 is 17.3 Å². The Kier molecular flexibility index (Phi) is 6.78. The van der Waals surface area contributed by atoms with Crippen molar-refractivity contribution >= 4 is 40.1 Å². The number of fused-ring (bicyclic) bond motifs is 2. The average Bonchev–Trinajstić information content (AvgIpc) is 3.58. The van der Waals surface area contributed by atoms with Crippen LogP contribution >= 0.6 is 0 Å². The molecule has 3 aromatic heterocycles. The van der Waals surface area contributed by atoms with Gasteiger partial charge in [0.25, 0.3) is 5.91 Å². The van der Waals surface area contributed by atoms with E-state index in [2.05, 4.69) is 25.2 Å². The number of aryl methyl sites for hydroxylation is 1. The van der Waals surface area contributed by atoms with Crippen LogP contribution in [-0.4, -0.2) is 67.5 Å². The molecule has 220 valence electrons. The van der Waals surface area contributed by atoms with Crippen molar-refractivity contribution in [1.29, 1.82) is 0 Å². The molecule has 1 aromatic carbocycles. The summed E-state index contributed by atoms with van der Waals surface area (Å²) in [6.07, 6.45) is 9.14. The third-order valence-corrected chi connectivity index (χ3v) is 8.20. The first-order valence-corrected chi connectivity index (χ1v) is 14.4. The molecule has 4 aromatic rings. The molecule has 6 rings (SSSR count). The second-order valence-electron chi connectivity index (χ2n) is 12.4. The van der Waals surface area contributed by atoms with Crippen LogP contribution in [-0.2, 0) is 4.74 Å². The van der Waals surface area contributed by atoms with Crippen LogP contribution in [0.5, 0.6) is 0 Å². The fraction of sp³-hybridized carbons (Fsp3) is 0.452. The first kappa shape index (κ1) is 27.9. The van der Waals surface area contributed by atoms with Gasteiger partial charge in [-0.15, -0.1) is 0 Å². The molecular weight excluding hydrogens is 537 g/mol. The lowest BCUT2D eigenvalue weighted by Crippen LogP contribution is -2.55. The zero-order chi connectivity index (χ0) is 29.8. The molecule has 42 heavy (non-hydrogen) atoms. The van der Waals surface area contributed by atoms with Crippen molar-refractivity contribution in [3.8, 4) is 0 Å². The van der Waals surface area contributed by atoms with Gasteiger partial charge in [0, 0.05) is 61.9 Å². The normalized spacial score (nSPS) is 18.0. The number of amides is 2. The largest absolute Gasteiger partial charge is 0.444 e. The smallest absolute Gasteiger partial charge is 0.410 e. The number of ether oxygens (including phenoxy) is 1. The third kappa shape index (κ3) is 5.12. The molecule has 1 saturated heterocycles. The van der Waals surface area contributed by atoms with Gasteiger partial charge < -0.3 is 24.3 Å². The highest BCUT2D eigenvalue weighted by Crippen LogP contribution is 2.55. The van der Waals surface area contributed by atoms with Gasteiger partial charge in [0.2, 0.25) is 0 Å². The molecule has 1 atom stereocenters. The fourth-order valence-corrected chi connectivity index (χ4v) is 6.22. The van der Waals surface area contributed by atoms with Crippen LogP contribution in [0.15, 0.2) is 43.0 Å². The molecule has 1 saturated carbocycles. The summed E-state index contributed by atoms with van der Waals surface area (Å²) in [4.78, 5) is 44.0.